The highest BCUT2D eigenvalue weighted by Gasteiger charge is 2.21. The molecule has 2 saturated carbocycles. The van der Waals surface area contributed by atoms with E-state index in [-0.39, 0.29) is 4.90 Å². The van der Waals surface area contributed by atoms with Gasteiger partial charge in [-0.05, 0) is 25.2 Å². The lowest BCUT2D eigenvalue weighted by atomic mass is 9.83. The second kappa shape index (κ2) is 6.46. The highest BCUT2D eigenvalue weighted by Crippen LogP contribution is 2.28. The van der Waals surface area contributed by atoms with Gasteiger partial charge in [0.1, 0.15) is 4.90 Å². The minimum atomic E-state index is -3.40. The first kappa shape index (κ1) is 15.0. The zero-order valence-corrected chi connectivity index (χ0v) is 13.1. The number of sulfonamides is 1. The van der Waals surface area contributed by atoms with Gasteiger partial charge < -0.3 is 5.32 Å². The van der Waals surface area contributed by atoms with Gasteiger partial charge in [0.25, 0.3) is 0 Å². The van der Waals surface area contributed by atoms with Crippen LogP contribution in [0, 0.1) is 5.92 Å². The van der Waals surface area contributed by atoms with Gasteiger partial charge in [0.15, 0.2) is 0 Å². The predicted octanol–water partition coefficient (Wildman–Crippen LogP) is 1.10. The Morgan fingerprint density at radius 3 is 2.71 bits per heavy atom. The molecule has 2 fully saturated rings. The van der Waals surface area contributed by atoms with Gasteiger partial charge in [-0.2, -0.15) is 5.10 Å². The lowest BCUT2D eigenvalue weighted by molar-refractivity contribution is 0.297. The molecule has 7 heteroatoms. The van der Waals surface area contributed by atoms with E-state index in [1.165, 1.54) is 38.3 Å². The summed E-state index contributed by atoms with van der Waals surface area (Å²) in [6.07, 6.45) is 10.3. The monoisotopic (exact) mass is 312 g/mol. The van der Waals surface area contributed by atoms with Gasteiger partial charge in [-0.15, -0.1) is 0 Å². The van der Waals surface area contributed by atoms with Crippen molar-refractivity contribution in [3.05, 3.63) is 12.4 Å². The number of hydrogen-bond donors (Lipinski definition) is 2. The van der Waals surface area contributed by atoms with Crippen molar-refractivity contribution in [2.45, 2.75) is 56.0 Å². The molecule has 0 saturated heterocycles. The van der Waals surface area contributed by atoms with Crippen LogP contribution in [0.1, 0.15) is 38.5 Å². The summed E-state index contributed by atoms with van der Waals surface area (Å²) in [7, 11) is -3.40. The molecular weight excluding hydrogens is 288 g/mol. The maximum Gasteiger partial charge on any atom is 0.243 e. The topological polar surface area (TPSA) is 76.0 Å². The molecule has 1 heterocycles. The third kappa shape index (κ3) is 4.28. The first-order valence-electron chi connectivity index (χ1n) is 7.89. The molecule has 2 aliphatic rings. The van der Waals surface area contributed by atoms with E-state index in [1.54, 1.807) is 10.9 Å². The van der Waals surface area contributed by atoms with Crippen molar-refractivity contribution in [2.75, 3.05) is 13.1 Å². The fourth-order valence-corrected chi connectivity index (χ4v) is 3.54. The fraction of sp³-hybridized carbons (Fsp3) is 0.786. The van der Waals surface area contributed by atoms with Crippen molar-refractivity contribution in [3.8, 4) is 0 Å². The van der Waals surface area contributed by atoms with E-state index >= 15 is 0 Å². The molecule has 0 aromatic carbocycles. The number of rotatable bonds is 9. The van der Waals surface area contributed by atoms with Crippen LogP contribution in [-0.4, -0.2) is 37.3 Å². The van der Waals surface area contributed by atoms with Crippen molar-refractivity contribution in [1.82, 2.24) is 19.8 Å². The summed E-state index contributed by atoms with van der Waals surface area (Å²) in [5.41, 5.74) is 0. The molecule has 1 aromatic rings. The maximum absolute atomic E-state index is 12.1. The van der Waals surface area contributed by atoms with E-state index in [2.05, 4.69) is 15.1 Å². The van der Waals surface area contributed by atoms with E-state index in [9.17, 15) is 8.42 Å². The maximum atomic E-state index is 12.1. The van der Waals surface area contributed by atoms with Crippen LogP contribution in [0.5, 0.6) is 0 Å². The Balaban J connectivity index is 1.45. The van der Waals surface area contributed by atoms with Crippen molar-refractivity contribution in [2.24, 2.45) is 5.92 Å². The Morgan fingerprint density at radius 1 is 1.24 bits per heavy atom. The summed E-state index contributed by atoms with van der Waals surface area (Å²) in [6, 6.07) is 0.664. The molecule has 2 N–H and O–H groups in total. The molecule has 6 nitrogen and oxygen atoms in total. The Kier molecular flexibility index (Phi) is 4.61. The van der Waals surface area contributed by atoms with Gasteiger partial charge in [0.05, 0.1) is 12.7 Å². The third-order valence-electron chi connectivity index (χ3n) is 4.34. The summed E-state index contributed by atoms with van der Waals surface area (Å²) < 4.78 is 28.7. The van der Waals surface area contributed by atoms with Crippen LogP contribution in [0.2, 0.25) is 0 Å². The molecule has 0 spiro atoms. The van der Waals surface area contributed by atoms with Crippen LogP contribution in [0.3, 0.4) is 0 Å². The Labute approximate surface area is 126 Å². The Hall–Kier alpha value is -0.920. The fourth-order valence-electron chi connectivity index (χ4n) is 2.54. The van der Waals surface area contributed by atoms with Crippen LogP contribution < -0.4 is 10.0 Å². The molecule has 2 aliphatic carbocycles. The summed E-state index contributed by atoms with van der Waals surface area (Å²) >= 11 is 0. The van der Waals surface area contributed by atoms with Gasteiger partial charge in [-0.25, -0.2) is 13.1 Å². The number of hydrogen-bond acceptors (Lipinski definition) is 4. The molecular formula is C14H24N4O2S. The van der Waals surface area contributed by atoms with E-state index in [0.29, 0.717) is 25.0 Å². The molecule has 1 aromatic heterocycles. The molecule has 0 aliphatic heterocycles. The van der Waals surface area contributed by atoms with Crippen LogP contribution in [-0.2, 0) is 16.6 Å². The summed E-state index contributed by atoms with van der Waals surface area (Å²) in [5, 5.41) is 7.51. The van der Waals surface area contributed by atoms with Crippen molar-refractivity contribution in [3.63, 3.8) is 0 Å². The SMILES string of the molecule is O=S(=O)(NCCC1CCC1)c1cnn(CCNC2CC2)c1. The first-order valence-corrected chi connectivity index (χ1v) is 9.37. The molecule has 3 rings (SSSR count). The molecule has 0 radical (unpaired) electrons. The van der Waals surface area contributed by atoms with Gasteiger partial charge in [-0.3, -0.25) is 4.68 Å². The van der Waals surface area contributed by atoms with Crippen LogP contribution in [0.25, 0.3) is 0 Å². The van der Waals surface area contributed by atoms with E-state index in [4.69, 9.17) is 0 Å². The molecule has 0 atom stereocenters. The Bertz CT molecular complexity index is 561. The predicted molar refractivity (Wildman–Crippen MR) is 80.4 cm³/mol. The summed E-state index contributed by atoms with van der Waals surface area (Å²) in [4.78, 5) is 0.266. The Morgan fingerprint density at radius 2 is 2.05 bits per heavy atom. The van der Waals surface area contributed by atoms with Crippen LogP contribution >= 0.6 is 0 Å². The molecule has 0 amide bonds. The van der Waals surface area contributed by atoms with Crippen molar-refractivity contribution in [1.29, 1.82) is 0 Å². The van der Waals surface area contributed by atoms with Gasteiger partial charge in [0.2, 0.25) is 10.0 Å². The second-order valence-electron chi connectivity index (χ2n) is 6.15. The normalized spacial score (nSPS) is 19.6. The largest absolute Gasteiger partial charge is 0.312 e. The van der Waals surface area contributed by atoms with E-state index in [1.807, 2.05) is 0 Å². The van der Waals surface area contributed by atoms with E-state index in [0.717, 1.165) is 13.0 Å². The minimum absolute atomic E-state index is 0.266. The average Bonchev–Trinajstić information content (AvgIpc) is 3.08. The van der Waals surface area contributed by atoms with Crippen LogP contribution in [0.15, 0.2) is 17.3 Å². The lowest BCUT2D eigenvalue weighted by Crippen LogP contribution is -2.27. The summed E-state index contributed by atoms with van der Waals surface area (Å²) in [6.45, 7) is 2.07. The zero-order valence-electron chi connectivity index (χ0n) is 12.3. The average molecular weight is 312 g/mol. The minimum Gasteiger partial charge on any atom is -0.312 e. The van der Waals surface area contributed by atoms with Gasteiger partial charge >= 0.3 is 0 Å². The standard InChI is InChI=1S/C14H24N4O2S/c19-21(20,17-7-6-12-2-1-3-12)14-10-16-18(11-14)9-8-15-13-4-5-13/h10-13,15,17H,1-9H2. The smallest absolute Gasteiger partial charge is 0.243 e. The highest BCUT2D eigenvalue weighted by molar-refractivity contribution is 7.89. The second-order valence-corrected chi connectivity index (χ2v) is 7.92. The lowest BCUT2D eigenvalue weighted by Gasteiger charge is -2.24. The highest BCUT2D eigenvalue weighted by atomic mass is 32.2. The van der Waals surface area contributed by atoms with Gasteiger partial charge in [-0.1, -0.05) is 19.3 Å². The van der Waals surface area contributed by atoms with Gasteiger partial charge in [0, 0.05) is 25.3 Å². The molecule has 0 unspecified atom stereocenters. The number of aromatic nitrogens is 2. The van der Waals surface area contributed by atoms with E-state index < -0.39 is 10.0 Å². The number of nitrogens with one attached hydrogen (secondary N) is 2. The zero-order chi connectivity index (χ0) is 14.7. The molecule has 118 valence electrons. The first-order chi connectivity index (χ1) is 10.1. The van der Waals surface area contributed by atoms with Crippen molar-refractivity contribution < 1.29 is 8.42 Å². The summed E-state index contributed by atoms with van der Waals surface area (Å²) in [5.74, 6) is 0.712. The molecule has 0 bridgehead atoms. The number of nitrogens with zero attached hydrogens (tertiary/aromatic N) is 2. The van der Waals surface area contributed by atoms with Crippen molar-refractivity contribution >= 4 is 10.0 Å². The van der Waals surface area contributed by atoms with Crippen LogP contribution in [0.4, 0.5) is 0 Å². The third-order valence-corrected chi connectivity index (χ3v) is 5.76. The molecule has 21 heavy (non-hydrogen) atoms. The quantitative estimate of drug-likeness (QED) is 0.716.